The second-order valence-corrected chi connectivity index (χ2v) is 10.1. The lowest BCUT2D eigenvalue weighted by molar-refractivity contribution is -0.387. The van der Waals surface area contributed by atoms with Crippen LogP contribution in [0.2, 0.25) is 0 Å². The molecule has 2 heterocycles. The van der Waals surface area contributed by atoms with E-state index >= 15 is 0 Å². The summed E-state index contributed by atoms with van der Waals surface area (Å²) in [5.41, 5.74) is 0.370. The number of hydrogen-bond donors (Lipinski definition) is 0. The highest BCUT2D eigenvalue weighted by molar-refractivity contribution is 7.90. The van der Waals surface area contributed by atoms with Crippen LogP contribution >= 0.6 is 0 Å². The topological polar surface area (TPSA) is 93.0 Å². The second kappa shape index (κ2) is 8.34. The number of ether oxygens (including phenoxy) is 1. The van der Waals surface area contributed by atoms with Crippen LogP contribution in [0.5, 0.6) is 0 Å². The van der Waals surface area contributed by atoms with Gasteiger partial charge in [0.25, 0.3) is 5.69 Å². The number of piperidine rings is 1. The van der Waals surface area contributed by atoms with Crippen LogP contribution in [0.1, 0.15) is 26.7 Å². The zero-order valence-corrected chi connectivity index (χ0v) is 17.5. The maximum atomic E-state index is 12.0. The fourth-order valence-corrected chi connectivity index (χ4v) is 5.18. The Hall–Kier alpha value is -1.71. The molecule has 0 spiro atoms. The Bertz CT molecular complexity index is 811. The lowest BCUT2D eigenvalue weighted by Crippen LogP contribution is -2.48. The van der Waals surface area contributed by atoms with E-state index in [0.717, 1.165) is 57.5 Å². The summed E-state index contributed by atoms with van der Waals surface area (Å²) in [5.74, 6) is 0.598. The fourth-order valence-electron chi connectivity index (χ4n) is 4.32. The van der Waals surface area contributed by atoms with Crippen LogP contribution in [0.25, 0.3) is 0 Å². The first-order valence-corrected chi connectivity index (χ1v) is 11.6. The van der Waals surface area contributed by atoms with Gasteiger partial charge < -0.3 is 9.64 Å². The number of anilines is 1. The number of nitrogens with zero attached hydrogens (tertiary/aromatic N) is 3. The summed E-state index contributed by atoms with van der Waals surface area (Å²) in [5, 5.41) is 11.1. The van der Waals surface area contributed by atoms with Crippen molar-refractivity contribution < 1.29 is 18.1 Å². The molecule has 28 heavy (non-hydrogen) atoms. The zero-order valence-electron chi connectivity index (χ0n) is 16.7. The summed E-state index contributed by atoms with van der Waals surface area (Å²) >= 11 is 0. The monoisotopic (exact) mass is 411 g/mol. The Kier molecular flexibility index (Phi) is 6.26. The molecule has 8 nitrogen and oxygen atoms in total. The predicted molar refractivity (Wildman–Crippen MR) is 108 cm³/mol. The van der Waals surface area contributed by atoms with Crippen molar-refractivity contribution in [1.29, 1.82) is 0 Å². The highest BCUT2D eigenvalue weighted by Crippen LogP contribution is 2.31. The molecular formula is C19H29N3O5S. The van der Waals surface area contributed by atoms with E-state index in [1.54, 1.807) is 6.07 Å². The van der Waals surface area contributed by atoms with Gasteiger partial charge in [-0.3, -0.25) is 15.0 Å². The molecule has 0 radical (unpaired) electrons. The SMILES string of the molecule is CC1CN(CC2CCN(c3ccc([N+](=O)[O-])c(S(C)(=O)=O)c3)CC2)CC(C)O1. The van der Waals surface area contributed by atoms with E-state index in [-0.39, 0.29) is 22.8 Å². The zero-order chi connectivity index (χ0) is 20.5. The van der Waals surface area contributed by atoms with Gasteiger partial charge >= 0.3 is 0 Å². The lowest BCUT2D eigenvalue weighted by atomic mass is 9.95. The molecule has 0 aliphatic carbocycles. The van der Waals surface area contributed by atoms with Crippen molar-refractivity contribution >= 4 is 21.2 Å². The van der Waals surface area contributed by atoms with E-state index in [2.05, 4.69) is 23.6 Å². The van der Waals surface area contributed by atoms with Gasteiger partial charge in [0, 0.05) is 50.7 Å². The van der Waals surface area contributed by atoms with Gasteiger partial charge in [-0.2, -0.15) is 0 Å². The molecule has 2 aliphatic rings. The highest BCUT2D eigenvalue weighted by Gasteiger charge is 2.28. The highest BCUT2D eigenvalue weighted by atomic mass is 32.2. The molecule has 2 fully saturated rings. The van der Waals surface area contributed by atoms with Gasteiger partial charge in [-0.15, -0.1) is 0 Å². The fraction of sp³-hybridized carbons (Fsp3) is 0.684. The first-order valence-electron chi connectivity index (χ1n) is 9.74. The van der Waals surface area contributed by atoms with Crippen molar-refractivity contribution in [2.45, 2.75) is 43.8 Å². The summed E-state index contributed by atoms with van der Waals surface area (Å²) in [7, 11) is -3.67. The number of morpholine rings is 1. The molecule has 2 saturated heterocycles. The number of nitro benzene ring substituents is 1. The standard InChI is InChI=1S/C19H29N3O5S/c1-14-11-20(12-15(2)27-14)13-16-6-8-21(9-7-16)17-4-5-18(22(23)24)19(10-17)28(3,25)26/h4-5,10,14-16H,6-9,11-13H2,1-3H3. The van der Waals surface area contributed by atoms with Crippen molar-refractivity contribution in [2.75, 3.05) is 43.9 Å². The van der Waals surface area contributed by atoms with Crippen molar-refractivity contribution in [3.8, 4) is 0 Å². The average molecular weight is 412 g/mol. The molecule has 1 aromatic carbocycles. The third kappa shape index (κ3) is 5.01. The quantitative estimate of drug-likeness (QED) is 0.542. The molecule has 2 unspecified atom stereocenters. The van der Waals surface area contributed by atoms with Gasteiger partial charge in [0.1, 0.15) is 4.90 Å². The molecule has 2 atom stereocenters. The molecule has 3 rings (SSSR count). The number of hydrogen-bond acceptors (Lipinski definition) is 7. The lowest BCUT2D eigenvalue weighted by Gasteiger charge is -2.40. The average Bonchev–Trinajstić information content (AvgIpc) is 2.60. The van der Waals surface area contributed by atoms with Crippen LogP contribution in [0.15, 0.2) is 23.1 Å². The molecule has 0 saturated carbocycles. The normalized spacial score (nSPS) is 25.0. The van der Waals surface area contributed by atoms with Crippen LogP contribution in [0, 0.1) is 16.0 Å². The minimum Gasteiger partial charge on any atom is -0.373 e. The first kappa shape index (κ1) is 21.0. The smallest absolute Gasteiger partial charge is 0.288 e. The van der Waals surface area contributed by atoms with Gasteiger partial charge in [0.05, 0.1) is 17.1 Å². The Morgan fingerprint density at radius 2 is 1.79 bits per heavy atom. The maximum Gasteiger partial charge on any atom is 0.288 e. The summed E-state index contributed by atoms with van der Waals surface area (Å²) < 4.78 is 29.8. The van der Waals surface area contributed by atoms with E-state index in [1.807, 2.05) is 0 Å². The van der Waals surface area contributed by atoms with Gasteiger partial charge in [-0.05, 0) is 44.7 Å². The van der Waals surface area contributed by atoms with Crippen LogP contribution in [-0.4, -0.2) is 69.4 Å². The molecule has 0 bridgehead atoms. The number of rotatable bonds is 5. The molecule has 0 N–H and O–H groups in total. The van der Waals surface area contributed by atoms with Gasteiger partial charge in [0.15, 0.2) is 9.84 Å². The van der Waals surface area contributed by atoms with Gasteiger partial charge in [0.2, 0.25) is 0 Å². The van der Waals surface area contributed by atoms with E-state index in [9.17, 15) is 18.5 Å². The van der Waals surface area contributed by atoms with Gasteiger partial charge in [-0.25, -0.2) is 8.42 Å². The van der Waals surface area contributed by atoms with E-state index in [4.69, 9.17) is 4.74 Å². The minimum absolute atomic E-state index is 0.214. The Morgan fingerprint density at radius 1 is 1.18 bits per heavy atom. The Balaban J connectivity index is 1.64. The first-order chi connectivity index (χ1) is 13.1. The number of nitro groups is 1. The third-order valence-electron chi connectivity index (χ3n) is 5.53. The second-order valence-electron chi connectivity index (χ2n) is 8.09. The van der Waals surface area contributed by atoms with Crippen molar-refractivity contribution in [1.82, 2.24) is 4.90 Å². The van der Waals surface area contributed by atoms with Crippen LogP contribution in [-0.2, 0) is 14.6 Å². The Morgan fingerprint density at radius 3 is 2.32 bits per heavy atom. The molecule has 2 aliphatic heterocycles. The molecule has 156 valence electrons. The van der Waals surface area contributed by atoms with Crippen LogP contribution in [0.3, 0.4) is 0 Å². The van der Waals surface area contributed by atoms with Crippen LogP contribution in [0.4, 0.5) is 11.4 Å². The van der Waals surface area contributed by atoms with E-state index < -0.39 is 14.8 Å². The molecule has 1 aromatic rings. The molecule has 0 aromatic heterocycles. The Labute approximate surface area is 166 Å². The summed E-state index contributed by atoms with van der Waals surface area (Å²) in [6.45, 7) is 8.84. The predicted octanol–water partition coefficient (Wildman–Crippen LogP) is 2.32. The summed E-state index contributed by atoms with van der Waals surface area (Å²) in [6.07, 6.45) is 3.57. The van der Waals surface area contributed by atoms with Crippen LogP contribution < -0.4 is 4.90 Å². The van der Waals surface area contributed by atoms with Crippen molar-refractivity contribution in [2.24, 2.45) is 5.92 Å². The summed E-state index contributed by atoms with van der Waals surface area (Å²) in [4.78, 5) is 14.9. The van der Waals surface area contributed by atoms with E-state index in [1.165, 1.54) is 12.1 Å². The van der Waals surface area contributed by atoms with Crippen molar-refractivity contribution in [3.63, 3.8) is 0 Å². The maximum absolute atomic E-state index is 12.0. The molecule has 0 amide bonds. The number of benzene rings is 1. The van der Waals surface area contributed by atoms with Crippen molar-refractivity contribution in [3.05, 3.63) is 28.3 Å². The molecule has 9 heteroatoms. The number of sulfone groups is 1. The van der Waals surface area contributed by atoms with Gasteiger partial charge in [-0.1, -0.05) is 0 Å². The molecular weight excluding hydrogens is 382 g/mol. The summed E-state index contributed by atoms with van der Waals surface area (Å²) in [6, 6.07) is 4.39. The largest absolute Gasteiger partial charge is 0.373 e. The van der Waals surface area contributed by atoms with E-state index in [0.29, 0.717) is 5.92 Å². The minimum atomic E-state index is -3.67. The third-order valence-corrected chi connectivity index (χ3v) is 6.66.